The van der Waals surface area contributed by atoms with Crippen molar-refractivity contribution in [3.63, 3.8) is 0 Å². The van der Waals surface area contributed by atoms with E-state index in [-0.39, 0.29) is 11.9 Å². The zero-order valence-corrected chi connectivity index (χ0v) is 14.1. The number of aryl methyl sites for hydroxylation is 1. The molecule has 0 radical (unpaired) electrons. The summed E-state index contributed by atoms with van der Waals surface area (Å²) in [5, 5.41) is 3.52. The van der Waals surface area contributed by atoms with E-state index >= 15 is 0 Å². The van der Waals surface area contributed by atoms with Crippen molar-refractivity contribution in [3.8, 4) is 0 Å². The first kappa shape index (κ1) is 16.2. The summed E-state index contributed by atoms with van der Waals surface area (Å²) in [5.74, 6) is -0.194. The fourth-order valence-corrected chi connectivity index (χ4v) is 2.88. The van der Waals surface area contributed by atoms with E-state index < -0.39 is 0 Å². The second kappa shape index (κ2) is 7.71. The number of hydrogen-bond donors (Lipinski definition) is 1. The Labute approximate surface area is 134 Å². The normalized spacial score (nSPS) is 12.4. The van der Waals surface area contributed by atoms with Gasteiger partial charge in [-0.1, -0.05) is 52.7 Å². The van der Waals surface area contributed by atoms with Gasteiger partial charge in [0, 0.05) is 10.5 Å². The maximum absolute atomic E-state index is 13.6. The summed E-state index contributed by atoms with van der Waals surface area (Å²) < 4.78 is 14.5. The molecule has 0 saturated carbocycles. The molecule has 0 spiro atoms. The summed E-state index contributed by atoms with van der Waals surface area (Å²) >= 11 is 3.54. The first-order valence-corrected chi connectivity index (χ1v) is 8.13. The van der Waals surface area contributed by atoms with E-state index in [2.05, 4.69) is 59.4 Å². The van der Waals surface area contributed by atoms with Gasteiger partial charge in [0.15, 0.2) is 0 Å². The summed E-state index contributed by atoms with van der Waals surface area (Å²) in [6.45, 7) is 5.13. The minimum atomic E-state index is -0.194. The highest BCUT2D eigenvalue weighted by atomic mass is 79.9. The average Bonchev–Trinajstić information content (AvgIpc) is 2.48. The Balaban J connectivity index is 2.25. The molecular weight excluding hydrogens is 329 g/mol. The molecule has 21 heavy (non-hydrogen) atoms. The van der Waals surface area contributed by atoms with Gasteiger partial charge in [-0.25, -0.2) is 4.39 Å². The lowest BCUT2D eigenvalue weighted by atomic mass is 9.98. The van der Waals surface area contributed by atoms with Crippen LogP contribution in [0, 0.1) is 12.7 Å². The third kappa shape index (κ3) is 4.65. The van der Waals surface area contributed by atoms with Gasteiger partial charge in [0.2, 0.25) is 0 Å². The van der Waals surface area contributed by atoms with Gasteiger partial charge in [-0.2, -0.15) is 0 Å². The summed E-state index contributed by atoms with van der Waals surface area (Å²) in [5.41, 5.74) is 3.48. The van der Waals surface area contributed by atoms with Crippen LogP contribution in [-0.2, 0) is 6.42 Å². The van der Waals surface area contributed by atoms with Crippen molar-refractivity contribution in [2.75, 3.05) is 6.54 Å². The van der Waals surface area contributed by atoms with Gasteiger partial charge < -0.3 is 5.32 Å². The number of benzene rings is 2. The smallest absolute Gasteiger partial charge is 0.123 e. The molecule has 0 bridgehead atoms. The maximum atomic E-state index is 13.6. The molecule has 0 saturated heterocycles. The predicted octanol–water partition coefficient (Wildman–Crippen LogP) is 5.18. The minimum Gasteiger partial charge on any atom is -0.310 e. The Kier molecular flexibility index (Phi) is 5.95. The molecule has 2 aromatic carbocycles. The molecule has 3 heteroatoms. The van der Waals surface area contributed by atoms with Crippen molar-refractivity contribution in [3.05, 3.63) is 69.4 Å². The molecule has 0 aliphatic rings. The molecule has 1 atom stereocenters. The molecule has 1 unspecified atom stereocenters. The van der Waals surface area contributed by atoms with Crippen LogP contribution >= 0.6 is 15.9 Å². The number of hydrogen-bond acceptors (Lipinski definition) is 1. The van der Waals surface area contributed by atoms with Gasteiger partial charge in [-0.15, -0.1) is 0 Å². The zero-order chi connectivity index (χ0) is 15.2. The van der Waals surface area contributed by atoms with Crippen LogP contribution in [0.3, 0.4) is 0 Å². The van der Waals surface area contributed by atoms with Crippen LogP contribution in [0.2, 0.25) is 0 Å². The Morgan fingerprint density at radius 3 is 2.52 bits per heavy atom. The van der Waals surface area contributed by atoms with Crippen molar-refractivity contribution < 1.29 is 4.39 Å². The second-order valence-corrected chi connectivity index (χ2v) is 6.22. The van der Waals surface area contributed by atoms with Crippen LogP contribution in [0.1, 0.15) is 36.1 Å². The van der Waals surface area contributed by atoms with Crippen LogP contribution in [-0.4, -0.2) is 6.54 Å². The molecule has 0 aliphatic carbocycles. The van der Waals surface area contributed by atoms with Gasteiger partial charge in [0.25, 0.3) is 0 Å². The van der Waals surface area contributed by atoms with Gasteiger partial charge >= 0.3 is 0 Å². The van der Waals surface area contributed by atoms with E-state index in [1.165, 1.54) is 17.2 Å². The second-order valence-electron chi connectivity index (χ2n) is 5.36. The molecule has 0 heterocycles. The molecule has 0 amide bonds. The van der Waals surface area contributed by atoms with Gasteiger partial charge in [0.05, 0.1) is 0 Å². The van der Waals surface area contributed by atoms with E-state index in [1.807, 2.05) is 0 Å². The Hall–Kier alpha value is -1.19. The van der Waals surface area contributed by atoms with E-state index in [4.69, 9.17) is 0 Å². The predicted molar refractivity (Wildman–Crippen MR) is 90.0 cm³/mol. The van der Waals surface area contributed by atoms with Crippen LogP contribution in [0.25, 0.3) is 0 Å². The van der Waals surface area contributed by atoms with E-state index in [1.54, 1.807) is 12.1 Å². The van der Waals surface area contributed by atoms with Crippen LogP contribution in [0.5, 0.6) is 0 Å². The first-order chi connectivity index (χ1) is 10.1. The molecule has 0 aliphatic heterocycles. The summed E-state index contributed by atoms with van der Waals surface area (Å²) in [6, 6.07) is 13.5. The number of rotatable bonds is 6. The molecular formula is C18H21BrFN. The van der Waals surface area contributed by atoms with E-state index in [0.717, 1.165) is 29.4 Å². The number of nitrogens with one attached hydrogen (secondary N) is 1. The lowest BCUT2D eigenvalue weighted by Crippen LogP contribution is -2.24. The largest absolute Gasteiger partial charge is 0.310 e. The summed E-state index contributed by atoms with van der Waals surface area (Å²) in [7, 11) is 0. The monoisotopic (exact) mass is 349 g/mol. The van der Waals surface area contributed by atoms with Crippen LogP contribution < -0.4 is 5.32 Å². The first-order valence-electron chi connectivity index (χ1n) is 7.34. The molecule has 0 fully saturated rings. The van der Waals surface area contributed by atoms with Gasteiger partial charge in [0.1, 0.15) is 5.82 Å². The van der Waals surface area contributed by atoms with Crippen molar-refractivity contribution in [1.82, 2.24) is 5.32 Å². The van der Waals surface area contributed by atoms with Crippen molar-refractivity contribution in [1.29, 1.82) is 0 Å². The molecule has 2 aromatic rings. The highest BCUT2D eigenvalue weighted by Crippen LogP contribution is 2.27. The van der Waals surface area contributed by atoms with Crippen molar-refractivity contribution in [2.45, 2.75) is 32.7 Å². The van der Waals surface area contributed by atoms with Gasteiger partial charge in [-0.3, -0.25) is 0 Å². The summed E-state index contributed by atoms with van der Waals surface area (Å²) in [4.78, 5) is 0. The Morgan fingerprint density at radius 2 is 1.86 bits per heavy atom. The fourth-order valence-electron chi connectivity index (χ4n) is 2.35. The fraction of sp³-hybridized carbons (Fsp3) is 0.333. The van der Waals surface area contributed by atoms with Crippen LogP contribution in [0.15, 0.2) is 46.9 Å². The number of halogens is 2. The average molecular weight is 350 g/mol. The van der Waals surface area contributed by atoms with Gasteiger partial charge in [-0.05, 0) is 55.6 Å². The summed E-state index contributed by atoms with van der Waals surface area (Å²) in [6.07, 6.45) is 1.90. The third-order valence-corrected chi connectivity index (χ3v) is 4.26. The molecule has 1 nitrogen and oxygen atoms in total. The molecule has 1 N–H and O–H groups in total. The highest BCUT2D eigenvalue weighted by Gasteiger charge is 2.15. The molecule has 2 rings (SSSR count). The minimum absolute atomic E-state index is 0.109. The van der Waals surface area contributed by atoms with E-state index in [0.29, 0.717) is 0 Å². The lowest BCUT2D eigenvalue weighted by molar-refractivity contribution is 0.522. The maximum Gasteiger partial charge on any atom is 0.123 e. The molecule has 0 aromatic heterocycles. The lowest BCUT2D eigenvalue weighted by Gasteiger charge is -2.21. The Bertz CT molecular complexity index is 580. The quantitative estimate of drug-likeness (QED) is 0.757. The Morgan fingerprint density at radius 1 is 1.14 bits per heavy atom. The standard InChI is InChI=1S/C18H21BrFN/c1-3-10-21-18(11-14-6-4-13(2)5-7-14)16-12-15(20)8-9-17(16)19/h4-9,12,18,21H,3,10-11H2,1-2H3. The van der Waals surface area contributed by atoms with Crippen molar-refractivity contribution >= 4 is 15.9 Å². The van der Waals surface area contributed by atoms with Crippen molar-refractivity contribution in [2.24, 2.45) is 0 Å². The highest BCUT2D eigenvalue weighted by molar-refractivity contribution is 9.10. The zero-order valence-electron chi connectivity index (χ0n) is 12.5. The molecule has 112 valence electrons. The van der Waals surface area contributed by atoms with Crippen LogP contribution in [0.4, 0.5) is 4.39 Å². The topological polar surface area (TPSA) is 12.0 Å². The van der Waals surface area contributed by atoms with E-state index in [9.17, 15) is 4.39 Å². The third-order valence-electron chi connectivity index (χ3n) is 3.53. The SMILES string of the molecule is CCCNC(Cc1ccc(C)cc1)c1cc(F)ccc1Br.